The Labute approximate surface area is 203 Å². The molecule has 0 aliphatic carbocycles. The van der Waals surface area contributed by atoms with Crippen LogP contribution in [0.3, 0.4) is 0 Å². The van der Waals surface area contributed by atoms with Crippen molar-refractivity contribution in [1.82, 2.24) is 14.5 Å². The van der Waals surface area contributed by atoms with Crippen molar-refractivity contribution < 1.29 is 17.9 Å². The van der Waals surface area contributed by atoms with Gasteiger partial charge in [-0.15, -0.1) is 0 Å². The summed E-state index contributed by atoms with van der Waals surface area (Å²) in [7, 11) is -3.55. The number of aryl methyl sites for hydroxylation is 1. The molecule has 2 fully saturated rings. The van der Waals surface area contributed by atoms with Gasteiger partial charge in [-0.1, -0.05) is 36.2 Å². The molecule has 0 aromatic heterocycles. The van der Waals surface area contributed by atoms with Crippen LogP contribution < -0.4 is 5.32 Å². The summed E-state index contributed by atoms with van der Waals surface area (Å²) in [5.41, 5.74) is 2.80. The van der Waals surface area contributed by atoms with E-state index < -0.39 is 10.0 Å². The van der Waals surface area contributed by atoms with Gasteiger partial charge in [0.25, 0.3) is 5.91 Å². The lowest BCUT2D eigenvalue weighted by Crippen LogP contribution is -2.43. The fourth-order valence-electron chi connectivity index (χ4n) is 4.86. The van der Waals surface area contributed by atoms with Crippen molar-refractivity contribution in [3.63, 3.8) is 0 Å². The molecule has 0 radical (unpaired) electrons. The van der Waals surface area contributed by atoms with Crippen molar-refractivity contribution in [2.45, 2.75) is 50.1 Å². The first-order valence-electron chi connectivity index (χ1n) is 12.1. The topological polar surface area (TPSA) is 79.0 Å². The molecule has 0 saturated carbocycles. The summed E-state index contributed by atoms with van der Waals surface area (Å²) in [4.78, 5) is 15.5. The number of carbonyl (C=O) groups is 1. The van der Waals surface area contributed by atoms with Crippen LogP contribution in [0.15, 0.2) is 53.4 Å². The molecule has 7 nitrogen and oxygen atoms in total. The Balaban J connectivity index is 1.45. The Morgan fingerprint density at radius 1 is 1.09 bits per heavy atom. The molecule has 2 aromatic carbocycles. The fraction of sp³-hybridized carbons (Fsp3) is 0.500. The van der Waals surface area contributed by atoms with Gasteiger partial charge in [0.05, 0.1) is 24.2 Å². The minimum Gasteiger partial charge on any atom is -0.379 e. The standard InChI is InChI=1S/C26H35N3O4S/c1-20-6-5-8-23(18-20)25(28-14-16-33-17-15-28)19-27-26(30)22-9-11-24(12-10-22)34(31,32)29-13-4-3-7-21(29)2/h5-6,8-12,18,21,25H,3-4,7,13-17,19H2,1-2H3,(H,27,30). The van der Waals surface area contributed by atoms with Gasteiger partial charge in [-0.3, -0.25) is 9.69 Å². The zero-order valence-electron chi connectivity index (χ0n) is 20.1. The summed E-state index contributed by atoms with van der Waals surface area (Å²) in [6.45, 7) is 8.03. The van der Waals surface area contributed by atoms with Gasteiger partial charge in [0.2, 0.25) is 10.0 Å². The van der Waals surface area contributed by atoms with Crippen molar-refractivity contribution >= 4 is 15.9 Å². The highest BCUT2D eigenvalue weighted by Gasteiger charge is 2.31. The summed E-state index contributed by atoms with van der Waals surface area (Å²) >= 11 is 0. The molecular weight excluding hydrogens is 450 g/mol. The van der Waals surface area contributed by atoms with Gasteiger partial charge in [-0.2, -0.15) is 4.31 Å². The maximum atomic E-state index is 13.1. The Morgan fingerprint density at radius 3 is 2.50 bits per heavy atom. The Bertz CT molecular complexity index is 1080. The van der Waals surface area contributed by atoms with E-state index in [0.717, 1.165) is 32.4 Å². The van der Waals surface area contributed by atoms with Gasteiger partial charge in [-0.25, -0.2) is 8.42 Å². The van der Waals surface area contributed by atoms with E-state index in [1.165, 1.54) is 11.1 Å². The summed E-state index contributed by atoms with van der Waals surface area (Å²) in [6.07, 6.45) is 2.82. The molecule has 0 bridgehead atoms. The number of sulfonamides is 1. The van der Waals surface area contributed by atoms with Crippen molar-refractivity contribution in [2.24, 2.45) is 0 Å². The van der Waals surface area contributed by atoms with Crippen LogP contribution in [-0.2, 0) is 14.8 Å². The third-order valence-corrected chi connectivity index (χ3v) is 8.86. The first kappa shape index (κ1) is 24.9. The van der Waals surface area contributed by atoms with E-state index in [0.29, 0.717) is 31.9 Å². The van der Waals surface area contributed by atoms with E-state index in [2.05, 4.69) is 35.3 Å². The van der Waals surface area contributed by atoms with Gasteiger partial charge in [0.15, 0.2) is 0 Å². The number of nitrogens with zero attached hydrogens (tertiary/aromatic N) is 2. The molecule has 2 saturated heterocycles. The number of hydrogen-bond donors (Lipinski definition) is 1. The molecule has 184 valence electrons. The molecule has 2 aliphatic heterocycles. The number of amides is 1. The average molecular weight is 486 g/mol. The van der Waals surface area contributed by atoms with Crippen molar-refractivity contribution in [3.05, 3.63) is 65.2 Å². The third-order valence-electron chi connectivity index (χ3n) is 6.83. The van der Waals surface area contributed by atoms with Crippen molar-refractivity contribution in [3.8, 4) is 0 Å². The van der Waals surface area contributed by atoms with E-state index >= 15 is 0 Å². The smallest absolute Gasteiger partial charge is 0.251 e. The van der Waals surface area contributed by atoms with Crippen molar-refractivity contribution in [1.29, 1.82) is 0 Å². The molecule has 2 atom stereocenters. The number of piperidine rings is 1. The highest BCUT2D eigenvalue weighted by atomic mass is 32.2. The predicted molar refractivity (Wildman–Crippen MR) is 132 cm³/mol. The van der Waals surface area contributed by atoms with Gasteiger partial charge >= 0.3 is 0 Å². The minimum atomic E-state index is -3.55. The number of benzene rings is 2. The second-order valence-electron chi connectivity index (χ2n) is 9.27. The Hall–Kier alpha value is -2.26. The van der Waals surface area contributed by atoms with Crippen LogP contribution in [0.5, 0.6) is 0 Å². The van der Waals surface area contributed by atoms with Crippen LogP contribution in [0.1, 0.15) is 53.7 Å². The number of morpholine rings is 1. The normalized spacial score (nSPS) is 21.2. The lowest BCUT2D eigenvalue weighted by atomic mass is 10.0. The minimum absolute atomic E-state index is 0.000434. The molecule has 8 heteroatoms. The van der Waals surface area contributed by atoms with Gasteiger partial charge in [0, 0.05) is 37.8 Å². The van der Waals surface area contributed by atoms with Crippen LogP contribution in [0.4, 0.5) is 0 Å². The Kier molecular flexibility index (Phi) is 8.03. The zero-order chi connectivity index (χ0) is 24.1. The van der Waals surface area contributed by atoms with Crippen LogP contribution in [0.2, 0.25) is 0 Å². The van der Waals surface area contributed by atoms with E-state index in [4.69, 9.17) is 4.74 Å². The van der Waals surface area contributed by atoms with Gasteiger partial charge in [-0.05, 0) is 56.5 Å². The molecular formula is C26H35N3O4S. The fourth-order valence-corrected chi connectivity index (χ4v) is 6.56. The molecule has 1 N–H and O–H groups in total. The monoisotopic (exact) mass is 485 g/mol. The molecule has 4 rings (SSSR count). The molecule has 0 spiro atoms. The molecule has 2 aromatic rings. The maximum Gasteiger partial charge on any atom is 0.251 e. The quantitative estimate of drug-likeness (QED) is 0.651. The summed E-state index contributed by atoms with van der Waals surface area (Å²) in [5, 5.41) is 3.06. The third kappa shape index (κ3) is 5.68. The first-order valence-corrected chi connectivity index (χ1v) is 13.6. The molecule has 2 heterocycles. The zero-order valence-corrected chi connectivity index (χ0v) is 20.9. The van der Waals surface area contributed by atoms with E-state index in [9.17, 15) is 13.2 Å². The number of rotatable bonds is 7. The largest absolute Gasteiger partial charge is 0.379 e. The second-order valence-corrected chi connectivity index (χ2v) is 11.2. The van der Waals surface area contributed by atoms with E-state index in [1.807, 2.05) is 13.0 Å². The SMILES string of the molecule is Cc1cccc(C(CNC(=O)c2ccc(S(=O)(=O)N3CCCCC3C)cc2)N2CCOCC2)c1. The maximum absolute atomic E-state index is 13.1. The van der Waals surface area contributed by atoms with Crippen LogP contribution in [0.25, 0.3) is 0 Å². The molecule has 34 heavy (non-hydrogen) atoms. The lowest BCUT2D eigenvalue weighted by Gasteiger charge is -2.35. The van der Waals surface area contributed by atoms with E-state index in [-0.39, 0.29) is 22.9 Å². The number of ether oxygens (including phenoxy) is 1. The van der Waals surface area contributed by atoms with E-state index in [1.54, 1.807) is 28.6 Å². The molecule has 2 aliphatic rings. The van der Waals surface area contributed by atoms with Crippen molar-refractivity contribution in [2.75, 3.05) is 39.4 Å². The number of carbonyl (C=O) groups excluding carboxylic acids is 1. The first-order chi connectivity index (χ1) is 16.4. The van der Waals surface area contributed by atoms with Crippen LogP contribution >= 0.6 is 0 Å². The summed E-state index contributed by atoms with van der Waals surface area (Å²) < 4.78 is 33.2. The summed E-state index contributed by atoms with van der Waals surface area (Å²) in [6, 6.07) is 14.7. The molecule has 2 unspecified atom stereocenters. The highest BCUT2D eigenvalue weighted by molar-refractivity contribution is 7.89. The summed E-state index contributed by atoms with van der Waals surface area (Å²) in [5.74, 6) is -0.207. The lowest BCUT2D eigenvalue weighted by molar-refractivity contribution is 0.0162. The number of nitrogens with one attached hydrogen (secondary N) is 1. The highest BCUT2D eigenvalue weighted by Crippen LogP contribution is 2.26. The van der Waals surface area contributed by atoms with Crippen LogP contribution in [0, 0.1) is 6.92 Å². The van der Waals surface area contributed by atoms with Crippen LogP contribution in [-0.4, -0.2) is 69.0 Å². The number of hydrogen-bond acceptors (Lipinski definition) is 5. The Morgan fingerprint density at radius 2 is 1.82 bits per heavy atom. The van der Waals surface area contributed by atoms with Gasteiger partial charge < -0.3 is 10.1 Å². The average Bonchev–Trinajstić information content (AvgIpc) is 2.85. The second kappa shape index (κ2) is 11.0. The molecule has 1 amide bonds. The van der Waals surface area contributed by atoms with Gasteiger partial charge in [0.1, 0.15) is 0 Å². The predicted octanol–water partition coefficient (Wildman–Crippen LogP) is 3.36.